The third-order valence-corrected chi connectivity index (χ3v) is 4.72. The van der Waals surface area contributed by atoms with E-state index in [1.54, 1.807) is 0 Å². The maximum atomic E-state index is 6.24. The number of aryl methyl sites for hydroxylation is 1. The van der Waals surface area contributed by atoms with Crippen LogP contribution in [-0.2, 0) is 16.9 Å². The van der Waals surface area contributed by atoms with Gasteiger partial charge in [0, 0.05) is 17.4 Å². The highest BCUT2D eigenvalue weighted by molar-refractivity contribution is 5.85. The highest BCUT2D eigenvalue weighted by atomic mass is 16.5. The van der Waals surface area contributed by atoms with E-state index in [4.69, 9.17) is 4.74 Å². The average molecular weight is 286 g/mol. The molecular formula is C18H26N2O. The Hall–Kier alpha value is -1.32. The van der Waals surface area contributed by atoms with Gasteiger partial charge < -0.3 is 14.2 Å². The van der Waals surface area contributed by atoms with E-state index in [9.17, 15) is 0 Å². The monoisotopic (exact) mass is 286 g/mol. The first kappa shape index (κ1) is 14.6. The third-order valence-electron chi connectivity index (χ3n) is 4.72. The molecule has 1 aliphatic rings. The zero-order chi connectivity index (χ0) is 15.0. The molecule has 1 aromatic carbocycles. The van der Waals surface area contributed by atoms with Crippen molar-refractivity contribution < 1.29 is 4.74 Å². The Labute approximate surface area is 127 Å². The van der Waals surface area contributed by atoms with Crippen molar-refractivity contribution in [1.29, 1.82) is 0 Å². The van der Waals surface area contributed by atoms with E-state index < -0.39 is 0 Å². The predicted molar refractivity (Wildman–Crippen MR) is 87.8 cm³/mol. The van der Waals surface area contributed by atoms with Gasteiger partial charge in [-0.25, -0.2) is 0 Å². The highest BCUT2D eigenvalue weighted by Crippen LogP contribution is 2.40. The largest absolute Gasteiger partial charge is 0.367 e. The summed E-state index contributed by atoms with van der Waals surface area (Å²) in [5, 5.41) is 1.37. The van der Waals surface area contributed by atoms with Gasteiger partial charge >= 0.3 is 0 Å². The molecule has 2 heterocycles. The van der Waals surface area contributed by atoms with Crippen LogP contribution in [0.3, 0.4) is 0 Å². The number of aromatic nitrogens is 1. The molecule has 3 nitrogen and oxygen atoms in total. The van der Waals surface area contributed by atoms with Crippen molar-refractivity contribution in [3.8, 4) is 0 Å². The molecule has 0 bridgehead atoms. The number of rotatable bonds is 4. The molecule has 114 valence electrons. The van der Waals surface area contributed by atoms with Crippen LogP contribution in [0.15, 0.2) is 24.3 Å². The number of hydrogen-bond donors (Lipinski definition) is 0. The van der Waals surface area contributed by atoms with Gasteiger partial charge in [-0.1, -0.05) is 18.2 Å². The summed E-state index contributed by atoms with van der Waals surface area (Å²) >= 11 is 0. The molecule has 1 atom stereocenters. The van der Waals surface area contributed by atoms with Gasteiger partial charge in [0.1, 0.15) is 5.60 Å². The fourth-order valence-electron chi connectivity index (χ4n) is 3.74. The molecule has 0 spiro atoms. The zero-order valence-corrected chi connectivity index (χ0v) is 13.6. The van der Waals surface area contributed by atoms with E-state index in [1.807, 2.05) is 0 Å². The summed E-state index contributed by atoms with van der Waals surface area (Å²) in [6.45, 7) is 7.39. The maximum Gasteiger partial charge on any atom is 0.106 e. The summed E-state index contributed by atoms with van der Waals surface area (Å²) in [6.07, 6.45) is 2.23. The van der Waals surface area contributed by atoms with Gasteiger partial charge in [-0.3, -0.25) is 0 Å². The second-order valence-electron chi connectivity index (χ2n) is 6.63. The van der Waals surface area contributed by atoms with E-state index in [2.05, 4.69) is 61.7 Å². The van der Waals surface area contributed by atoms with Crippen LogP contribution < -0.4 is 0 Å². The van der Waals surface area contributed by atoms with Crippen molar-refractivity contribution >= 4 is 10.9 Å². The van der Waals surface area contributed by atoms with E-state index in [1.165, 1.54) is 22.2 Å². The summed E-state index contributed by atoms with van der Waals surface area (Å²) in [7, 11) is 4.26. The van der Waals surface area contributed by atoms with Gasteiger partial charge in [-0.2, -0.15) is 0 Å². The van der Waals surface area contributed by atoms with Gasteiger partial charge in [0.15, 0.2) is 0 Å². The quantitative estimate of drug-likeness (QED) is 0.855. The Morgan fingerprint density at radius 1 is 1.29 bits per heavy atom. The SMILES string of the molecule is Cc1c2n(c3ccccc13)CCOC2(C)CCCN(C)C. The first-order valence-corrected chi connectivity index (χ1v) is 7.90. The minimum absolute atomic E-state index is 0.155. The van der Waals surface area contributed by atoms with Crippen LogP contribution in [0.2, 0.25) is 0 Å². The predicted octanol–water partition coefficient (Wildman–Crippen LogP) is 3.54. The van der Waals surface area contributed by atoms with Crippen molar-refractivity contribution in [3.63, 3.8) is 0 Å². The van der Waals surface area contributed by atoms with Crippen LogP contribution in [0.1, 0.15) is 31.0 Å². The van der Waals surface area contributed by atoms with Gasteiger partial charge in [0.25, 0.3) is 0 Å². The lowest BCUT2D eigenvalue weighted by Gasteiger charge is -2.37. The summed E-state index contributed by atoms with van der Waals surface area (Å²) in [4.78, 5) is 2.24. The molecule has 1 aromatic heterocycles. The smallest absolute Gasteiger partial charge is 0.106 e. The maximum absolute atomic E-state index is 6.24. The lowest BCUT2D eigenvalue weighted by Crippen LogP contribution is -2.36. The molecule has 2 aromatic rings. The van der Waals surface area contributed by atoms with Crippen molar-refractivity contribution in [2.45, 2.75) is 38.8 Å². The fourth-order valence-corrected chi connectivity index (χ4v) is 3.74. The van der Waals surface area contributed by atoms with E-state index in [0.29, 0.717) is 0 Å². The van der Waals surface area contributed by atoms with Crippen molar-refractivity contribution in [3.05, 3.63) is 35.5 Å². The van der Waals surface area contributed by atoms with Gasteiger partial charge in [0.2, 0.25) is 0 Å². The average Bonchev–Trinajstić information content (AvgIpc) is 2.74. The molecule has 3 heteroatoms. The Bertz CT molecular complexity index is 644. The van der Waals surface area contributed by atoms with Crippen LogP contribution in [0.25, 0.3) is 10.9 Å². The number of benzene rings is 1. The highest BCUT2D eigenvalue weighted by Gasteiger charge is 2.36. The molecule has 1 unspecified atom stereocenters. The Morgan fingerprint density at radius 3 is 2.81 bits per heavy atom. The third kappa shape index (κ3) is 2.49. The van der Waals surface area contributed by atoms with Crippen molar-refractivity contribution in [2.75, 3.05) is 27.2 Å². The topological polar surface area (TPSA) is 17.4 Å². The van der Waals surface area contributed by atoms with Crippen LogP contribution >= 0.6 is 0 Å². The summed E-state index contributed by atoms with van der Waals surface area (Å²) in [5.41, 5.74) is 3.97. The zero-order valence-electron chi connectivity index (χ0n) is 13.6. The molecule has 0 fully saturated rings. The molecule has 0 saturated heterocycles. The number of ether oxygens (including phenoxy) is 1. The summed E-state index contributed by atoms with van der Waals surface area (Å²) in [5.74, 6) is 0. The Morgan fingerprint density at radius 2 is 2.05 bits per heavy atom. The Kier molecular flexibility index (Phi) is 3.80. The molecule has 1 aliphatic heterocycles. The molecule has 3 rings (SSSR count). The van der Waals surface area contributed by atoms with Crippen molar-refractivity contribution in [2.24, 2.45) is 0 Å². The second-order valence-corrected chi connectivity index (χ2v) is 6.63. The molecular weight excluding hydrogens is 260 g/mol. The Balaban J connectivity index is 2.01. The number of para-hydroxylation sites is 1. The van der Waals surface area contributed by atoms with Crippen LogP contribution in [0, 0.1) is 6.92 Å². The molecule has 21 heavy (non-hydrogen) atoms. The molecule has 0 amide bonds. The van der Waals surface area contributed by atoms with Crippen LogP contribution in [-0.4, -0.2) is 36.7 Å². The molecule has 0 N–H and O–H groups in total. The van der Waals surface area contributed by atoms with E-state index in [-0.39, 0.29) is 5.60 Å². The molecule has 0 aliphatic carbocycles. The first-order chi connectivity index (χ1) is 10.0. The standard InChI is InChI=1S/C18H26N2O/c1-14-15-8-5-6-9-16(15)20-12-13-21-18(2,17(14)20)10-7-11-19(3)4/h5-6,8-9H,7,10-13H2,1-4H3. The van der Waals surface area contributed by atoms with Gasteiger partial charge in [-0.15, -0.1) is 0 Å². The lowest BCUT2D eigenvalue weighted by atomic mass is 9.91. The van der Waals surface area contributed by atoms with Gasteiger partial charge in [0.05, 0.1) is 12.3 Å². The van der Waals surface area contributed by atoms with E-state index in [0.717, 1.165) is 32.5 Å². The van der Waals surface area contributed by atoms with Crippen LogP contribution in [0.5, 0.6) is 0 Å². The second kappa shape index (κ2) is 5.47. The fraction of sp³-hybridized carbons (Fsp3) is 0.556. The first-order valence-electron chi connectivity index (χ1n) is 7.90. The normalized spacial score (nSPS) is 22.0. The lowest BCUT2D eigenvalue weighted by molar-refractivity contribution is -0.0711. The van der Waals surface area contributed by atoms with E-state index >= 15 is 0 Å². The molecule has 0 radical (unpaired) electrons. The molecule has 0 saturated carbocycles. The minimum atomic E-state index is -0.155. The summed E-state index contributed by atoms with van der Waals surface area (Å²) in [6, 6.07) is 8.73. The minimum Gasteiger partial charge on any atom is -0.367 e. The van der Waals surface area contributed by atoms with Crippen molar-refractivity contribution in [1.82, 2.24) is 9.47 Å². The summed E-state index contributed by atoms with van der Waals surface area (Å²) < 4.78 is 8.72. The number of nitrogens with zero attached hydrogens (tertiary/aromatic N) is 2. The number of fused-ring (bicyclic) bond motifs is 3. The van der Waals surface area contributed by atoms with Crippen LogP contribution in [0.4, 0.5) is 0 Å². The van der Waals surface area contributed by atoms with Gasteiger partial charge in [-0.05, 0) is 59.0 Å². The number of hydrogen-bond acceptors (Lipinski definition) is 2.